The number of rotatable bonds is 5. The summed E-state index contributed by atoms with van der Waals surface area (Å²) >= 11 is 0. The highest BCUT2D eigenvalue weighted by Crippen LogP contribution is 2.36. The summed E-state index contributed by atoms with van der Waals surface area (Å²) in [5, 5.41) is 3.65. The van der Waals surface area contributed by atoms with E-state index in [-0.39, 0.29) is 29.7 Å². The van der Waals surface area contributed by atoms with Crippen molar-refractivity contribution in [3.05, 3.63) is 30.2 Å². The second-order valence-corrected chi connectivity index (χ2v) is 9.07. The van der Waals surface area contributed by atoms with Crippen LogP contribution >= 0.6 is 0 Å². The van der Waals surface area contributed by atoms with Gasteiger partial charge >= 0.3 is 0 Å². The van der Waals surface area contributed by atoms with Crippen molar-refractivity contribution >= 4 is 28.7 Å². The molecule has 1 aliphatic carbocycles. The van der Waals surface area contributed by atoms with Gasteiger partial charge in [0.15, 0.2) is 0 Å². The summed E-state index contributed by atoms with van der Waals surface area (Å²) in [6.07, 6.45) is 9.45. The molecule has 8 heteroatoms. The van der Waals surface area contributed by atoms with Crippen LogP contribution in [-0.4, -0.2) is 50.4 Å². The van der Waals surface area contributed by atoms with E-state index in [0.717, 1.165) is 19.3 Å². The van der Waals surface area contributed by atoms with Crippen molar-refractivity contribution in [1.82, 2.24) is 24.8 Å². The van der Waals surface area contributed by atoms with Crippen LogP contribution in [0.25, 0.3) is 11.0 Å². The first kappa shape index (κ1) is 22.8. The summed E-state index contributed by atoms with van der Waals surface area (Å²) in [5.41, 5.74) is 7.84. The molecule has 2 aliphatic rings. The number of fused-ring (bicyclic) bond motifs is 1. The van der Waals surface area contributed by atoms with Crippen LogP contribution in [0.15, 0.2) is 19.0 Å². The fourth-order valence-corrected chi connectivity index (χ4v) is 5.31. The molecule has 33 heavy (non-hydrogen) atoms. The third-order valence-electron chi connectivity index (χ3n) is 6.93. The average molecular weight is 449 g/mol. The van der Waals surface area contributed by atoms with Crippen molar-refractivity contribution in [1.29, 1.82) is 0 Å². The van der Waals surface area contributed by atoms with E-state index in [1.54, 1.807) is 11.8 Å². The van der Waals surface area contributed by atoms with Crippen molar-refractivity contribution < 1.29 is 9.59 Å². The van der Waals surface area contributed by atoms with Crippen LogP contribution in [-0.2, 0) is 4.79 Å². The van der Waals surface area contributed by atoms with Gasteiger partial charge in [0.1, 0.15) is 23.5 Å². The Morgan fingerprint density at radius 1 is 1.30 bits per heavy atom. The van der Waals surface area contributed by atoms with Crippen LogP contribution in [0.1, 0.15) is 74.5 Å². The molecular weight excluding hydrogens is 416 g/mol. The minimum absolute atomic E-state index is 0.0307. The third-order valence-corrected chi connectivity index (χ3v) is 6.93. The van der Waals surface area contributed by atoms with E-state index in [0.29, 0.717) is 41.3 Å². The van der Waals surface area contributed by atoms with E-state index < -0.39 is 0 Å². The lowest BCUT2D eigenvalue weighted by atomic mass is 9.89. The van der Waals surface area contributed by atoms with Crippen molar-refractivity contribution in [3.8, 4) is 11.8 Å². The first-order valence-corrected chi connectivity index (χ1v) is 11.7. The molecule has 2 atom stereocenters. The van der Waals surface area contributed by atoms with Crippen molar-refractivity contribution in [2.75, 3.05) is 18.8 Å². The number of hydrogen-bond donors (Lipinski definition) is 2. The van der Waals surface area contributed by atoms with Crippen LogP contribution in [0.5, 0.6) is 0 Å². The number of nitrogens with zero attached hydrogens (tertiary/aromatic N) is 4. The molecule has 4 rings (SSSR count). The molecule has 3 heterocycles. The molecular formula is C25H32N6O2. The molecule has 2 fully saturated rings. The summed E-state index contributed by atoms with van der Waals surface area (Å²) in [6, 6.07) is -0.0559. The second-order valence-electron chi connectivity index (χ2n) is 9.07. The lowest BCUT2D eigenvalue weighted by molar-refractivity contribution is -0.126. The topological polar surface area (TPSA) is 106 Å². The van der Waals surface area contributed by atoms with Gasteiger partial charge in [0.2, 0.25) is 5.91 Å². The first-order chi connectivity index (χ1) is 16.0. The van der Waals surface area contributed by atoms with Crippen molar-refractivity contribution in [3.63, 3.8) is 0 Å². The summed E-state index contributed by atoms with van der Waals surface area (Å²) in [5.74, 6) is 6.53. The van der Waals surface area contributed by atoms with Crippen molar-refractivity contribution in [2.45, 2.75) is 64.5 Å². The van der Waals surface area contributed by atoms with Gasteiger partial charge in [-0.05, 0) is 51.0 Å². The Hall–Kier alpha value is -3.34. The minimum atomic E-state index is -0.200. The van der Waals surface area contributed by atoms with Crippen LogP contribution in [0.2, 0.25) is 0 Å². The number of nitrogens with two attached hydrogens (primary N) is 1. The number of aromatic nitrogens is 3. The van der Waals surface area contributed by atoms with Gasteiger partial charge in [0, 0.05) is 19.1 Å². The molecule has 0 bridgehead atoms. The van der Waals surface area contributed by atoms with Gasteiger partial charge in [-0.25, -0.2) is 9.97 Å². The molecule has 1 aliphatic heterocycles. The SMILES string of the molecule is C=CC(=O)N1C[C@H](n2c(C#CC)c(C(=O)NCC3CCCCC3)c3c(N)ncnc32)C[C@@H]1C. The fraction of sp³-hybridized carbons (Fsp3) is 0.520. The zero-order valence-corrected chi connectivity index (χ0v) is 19.4. The Labute approximate surface area is 194 Å². The fourth-order valence-electron chi connectivity index (χ4n) is 5.31. The number of likely N-dealkylation sites (tertiary alicyclic amines) is 1. The number of nitrogen functional groups attached to an aromatic ring is 1. The molecule has 8 nitrogen and oxygen atoms in total. The van der Waals surface area contributed by atoms with Gasteiger partial charge in [0.25, 0.3) is 5.91 Å². The lowest BCUT2D eigenvalue weighted by Crippen LogP contribution is -2.32. The quantitative estimate of drug-likeness (QED) is 0.540. The van der Waals surface area contributed by atoms with E-state index in [4.69, 9.17) is 5.73 Å². The zero-order valence-electron chi connectivity index (χ0n) is 19.4. The Morgan fingerprint density at radius 3 is 2.76 bits per heavy atom. The van der Waals surface area contributed by atoms with E-state index in [1.807, 2.05) is 11.5 Å². The Kier molecular flexibility index (Phi) is 6.68. The number of carbonyl (C=O) groups is 2. The van der Waals surface area contributed by atoms with E-state index in [2.05, 4.69) is 33.7 Å². The van der Waals surface area contributed by atoms with E-state index in [1.165, 1.54) is 31.7 Å². The van der Waals surface area contributed by atoms with Gasteiger partial charge in [-0.2, -0.15) is 0 Å². The third kappa shape index (κ3) is 4.32. The zero-order chi connectivity index (χ0) is 23.5. The molecule has 2 aromatic heterocycles. The second kappa shape index (κ2) is 9.65. The number of amides is 2. The van der Waals surface area contributed by atoms with Gasteiger partial charge in [-0.3, -0.25) is 9.59 Å². The predicted octanol–water partition coefficient (Wildman–Crippen LogP) is 3.04. The number of hydrogen-bond acceptors (Lipinski definition) is 5. The maximum absolute atomic E-state index is 13.5. The minimum Gasteiger partial charge on any atom is -0.383 e. The summed E-state index contributed by atoms with van der Waals surface area (Å²) in [4.78, 5) is 36.3. The molecule has 2 amide bonds. The first-order valence-electron chi connectivity index (χ1n) is 11.7. The van der Waals surface area contributed by atoms with E-state index >= 15 is 0 Å². The Balaban J connectivity index is 1.76. The van der Waals surface area contributed by atoms with Gasteiger partial charge < -0.3 is 20.5 Å². The summed E-state index contributed by atoms with van der Waals surface area (Å²) in [6.45, 7) is 8.50. The molecule has 1 saturated carbocycles. The maximum Gasteiger partial charge on any atom is 0.254 e. The van der Waals surface area contributed by atoms with Gasteiger partial charge in [-0.15, -0.1) is 0 Å². The molecule has 0 unspecified atom stereocenters. The number of anilines is 1. The number of nitrogens with one attached hydrogen (secondary N) is 1. The average Bonchev–Trinajstić information content (AvgIpc) is 3.36. The van der Waals surface area contributed by atoms with Crippen LogP contribution < -0.4 is 11.1 Å². The van der Waals surface area contributed by atoms with Gasteiger partial charge in [-0.1, -0.05) is 31.8 Å². The van der Waals surface area contributed by atoms with Crippen LogP contribution in [0.4, 0.5) is 5.82 Å². The molecule has 0 radical (unpaired) electrons. The molecule has 3 N–H and O–H groups in total. The highest BCUT2D eigenvalue weighted by molar-refractivity contribution is 6.11. The number of carbonyl (C=O) groups excluding carboxylic acids is 2. The highest BCUT2D eigenvalue weighted by atomic mass is 16.2. The van der Waals surface area contributed by atoms with Crippen LogP contribution in [0, 0.1) is 17.8 Å². The van der Waals surface area contributed by atoms with Gasteiger partial charge in [0.05, 0.1) is 17.0 Å². The molecule has 2 aromatic rings. The van der Waals surface area contributed by atoms with Crippen LogP contribution in [0.3, 0.4) is 0 Å². The lowest BCUT2D eigenvalue weighted by Gasteiger charge is -2.21. The standard InChI is InChI=1S/C25H32N6O2/c1-4-9-19-21(25(33)27-13-17-10-7-6-8-11-17)22-23(26)28-15-29-24(22)31(19)18-12-16(3)30(14-18)20(32)5-2/h5,15-18H,2,6-8,10-14H2,1,3H3,(H,27,33)(H2,26,28,29)/t16-,18+/m0/s1. The highest BCUT2D eigenvalue weighted by Gasteiger charge is 2.36. The Bertz CT molecular complexity index is 1140. The normalized spacial score (nSPS) is 21.0. The van der Waals surface area contributed by atoms with E-state index in [9.17, 15) is 9.59 Å². The molecule has 0 spiro atoms. The monoisotopic (exact) mass is 448 g/mol. The summed E-state index contributed by atoms with van der Waals surface area (Å²) < 4.78 is 1.98. The Morgan fingerprint density at radius 2 is 2.06 bits per heavy atom. The smallest absolute Gasteiger partial charge is 0.254 e. The predicted molar refractivity (Wildman–Crippen MR) is 128 cm³/mol. The summed E-state index contributed by atoms with van der Waals surface area (Å²) in [7, 11) is 0. The maximum atomic E-state index is 13.5. The molecule has 0 aromatic carbocycles. The molecule has 1 saturated heterocycles. The largest absolute Gasteiger partial charge is 0.383 e. The molecule has 174 valence electrons. The van der Waals surface area contributed by atoms with Crippen molar-refractivity contribution in [2.24, 2.45) is 5.92 Å².